The molecule has 110 valence electrons. The highest BCUT2D eigenvalue weighted by Crippen LogP contribution is 2.17. The number of ether oxygens (including phenoxy) is 2. The van der Waals surface area contributed by atoms with Crippen LogP contribution < -0.4 is 14.8 Å². The van der Waals surface area contributed by atoms with E-state index in [1.165, 1.54) is 0 Å². The molecule has 0 atom stereocenters. The van der Waals surface area contributed by atoms with Gasteiger partial charge in [0.25, 0.3) is 0 Å². The number of pyridine rings is 1. The number of nitrogens with one attached hydrogen (secondary N) is 1. The molecule has 2 aromatic rings. The zero-order valence-electron chi connectivity index (χ0n) is 12.1. The van der Waals surface area contributed by atoms with Gasteiger partial charge in [0, 0.05) is 24.4 Å². The molecule has 1 N–H and O–H groups in total. The third kappa shape index (κ3) is 4.21. The largest absolute Gasteiger partial charge is 0.496 e. The van der Waals surface area contributed by atoms with Crippen LogP contribution >= 0.6 is 0 Å². The van der Waals surface area contributed by atoms with Gasteiger partial charge in [-0.05, 0) is 17.7 Å². The summed E-state index contributed by atoms with van der Waals surface area (Å²) >= 11 is 0. The maximum Gasteiger partial charge on any atom is 0.224 e. The molecule has 5 nitrogen and oxygen atoms in total. The van der Waals surface area contributed by atoms with Crippen molar-refractivity contribution in [3.05, 3.63) is 53.7 Å². The first-order valence-electron chi connectivity index (χ1n) is 6.60. The number of aromatic nitrogens is 1. The second-order valence-corrected chi connectivity index (χ2v) is 4.47. The Morgan fingerprint density at radius 1 is 1.19 bits per heavy atom. The van der Waals surface area contributed by atoms with E-state index < -0.39 is 0 Å². The number of carbonyl (C=O) groups is 1. The number of hydrogen-bond acceptors (Lipinski definition) is 4. The molecule has 0 bridgehead atoms. The molecule has 0 fully saturated rings. The lowest BCUT2D eigenvalue weighted by molar-refractivity contribution is -0.120. The Morgan fingerprint density at radius 2 is 2.00 bits per heavy atom. The van der Waals surface area contributed by atoms with Gasteiger partial charge in [0.1, 0.15) is 5.75 Å². The normalized spacial score (nSPS) is 10.0. The molecule has 1 aromatic carbocycles. The predicted molar refractivity (Wildman–Crippen MR) is 79.3 cm³/mol. The summed E-state index contributed by atoms with van der Waals surface area (Å²) in [5.41, 5.74) is 1.81. The SMILES string of the molecule is COc1cc(CNC(=O)Cc2ccccc2OC)ccn1. The lowest BCUT2D eigenvalue weighted by atomic mass is 10.1. The number of para-hydroxylation sites is 1. The zero-order chi connectivity index (χ0) is 15.1. The van der Waals surface area contributed by atoms with Crippen molar-refractivity contribution in [1.82, 2.24) is 10.3 Å². The quantitative estimate of drug-likeness (QED) is 0.882. The second-order valence-electron chi connectivity index (χ2n) is 4.47. The Labute approximate surface area is 123 Å². The van der Waals surface area contributed by atoms with Crippen LogP contribution in [0.3, 0.4) is 0 Å². The predicted octanol–water partition coefficient (Wildman–Crippen LogP) is 1.96. The number of carbonyl (C=O) groups excluding carboxylic acids is 1. The smallest absolute Gasteiger partial charge is 0.224 e. The molecule has 1 amide bonds. The third-order valence-electron chi connectivity index (χ3n) is 3.04. The van der Waals surface area contributed by atoms with Crippen LogP contribution in [0, 0.1) is 0 Å². The Bertz CT molecular complexity index is 614. The highest BCUT2D eigenvalue weighted by atomic mass is 16.5. The minimum Gasteiger partial charge on any atom is -0.496 e. The van der Waals surface area contributed by atoms with Crippen molar-refractivity contribution in [3.8, 4) is 11.6 Å². The number of nitrogens with zero attached hydrogens (tertiary/aromatic N) is 1. The fraction of sp³-hybridized carbons (Fsp3) is 0.250. The monoisotopic (exact) mass is 286 g/mol. The average Bonchev–Trinajstić information content (AvgIpc) is 2.53. The highest BCUT2D eigenvalue weighted by molar-refractivity contribution is 5.79. The molecule has 2 rings (SSSR count). The molecular weight excluding hydrogens is 268 g/mol. The van der Waals surface area contributed by atoms with Crippen molar-refractivity contribution in [1.29, 1.82) is 0 Å². The van der Waals surface area contributed by atoms with E-state index >= 15 is 0 Å². The van der Waals surface area contributed by atoms with Crippen molar-refractivity contribution < 1.29 is 14.3 Å². The highest BCUT2D eigenvalue weighted by Gasteiger charge is 2.08. The first kappa shape index (κ1) is 14.8. The van der Waals surface area contributed by atoms with Crippen LogP contribution in [-0.4, -0.2) is 25.1 Å². The topological polar surface area (TPSA) is 60.5 Å². The van der Waals surface area contributed by atoms with Crippen molar-refractivity contribution in [2.75, 3.05) is 14.2 Å². The molecule has 21 heavy (non-hydrogen) atoms. The van der Waals surface area contributed by atoms with E-state index in [-0.39, 0.29) is 12.3 Å². The maximum absolute atomic E-state index is 12.0. The Hall–Kier alpha value is -2.56. The van der Waals surface area contributed by atoms with Gasteiger partial charge >= 0.3 is 0 Å². The van der Waals surface area contributed by atoms with Crippen LogP contribution in [0.4, 0.5) is 0 Å². The van der Waals surface area contributed by atoms with Gasteiger partial charge in [0.2, 0.25) is 11.8 Å². The molecule has 0 saturated heterocycles. The summed E-state index contributed by atoms with van der Waals surface area (Å²) in [4.78, 5) is 16.0. The minimum absolute atomic E-state index is 0.0599. The van der Waals surface area contributed by atoms with E-state index in [1.807, 2.05) is 30.3 Å². The van der Waals surface area contributed by atoms with Crippen LogP contribution in [0.1, 0.15) is 11.1 Å². The zero-order valence-corrected chi connectivity index (χ0v) is 12.1. The molecule has 0 aliphatic carbocycles. The third-order valence-corrected chi connectivity index (χ3v) is 3.04. The summed E-state index contributed by atoms with van der Waals surface area (Å²) in [6.45, 7) is 0.437. The lowest BCUT2D eigenvalue weighted by Gasteiger charge is -2.09. The van der Waals surface area contributed by atoms with E-state index in [9.17, 15) is 4.79 Å². The summed E-state index contributed by atoms with van der Waals surface area (Å²) in [5, 5.41) is 2.87. The standard InChI is InChI=1S/C16H18N2O3/c1-20-14-6-4-3-5-13(14)10-15(19)18-11-12-7-8-17-16(9-12)21-2/h3-9H,10-11H2,1-2H3,(H,18,19). The molecule has 0 spiro atoms. The van der Waals surface area contributed by atoms with Gasteiger partial charge in [-0.1, -0.05) is 18.2 Å². The second kappa shape index (κ2) is 7.28. The van der Waals surface area contributed by atoms with Crippen molar-refractivity contribution in [3.63, 3.8) is 0 Å². The number of rotatable bonds is 6. The van der Waals surface area contributed by atoms with Crippen molar-refractivity contribution in [2.45, 2.75) is 13.0 Å². The molecule has 1 aromatic heterocycles. The fourth-order valence-corrected chi connectivity index (χ4v) is 1.96. The molecule has 0 radical (unpaired) electrons. The van der Waals surface area contributed by atoms with Gasteiger partial charge < -0.3 is 14.8 Å². The van der Waals surface area contributed by atoms with Crippen LogP contribution in [0.5, 0.6) is 11.6 Å². The average molecular weight is 286 g/mol. The van der Waals surface area contributed by atoms with Gasteiger partial charge in [0.05, 0.1) is 20.6 Å². The lowest BCUT2D eigenvalue weighted by Crippen LogP contribution is -2.24. The first-order valence-corrected chi connectivity index (χ1v) is 6.60. The van der Waals surface area contributed by atoms with E-state index in [2.05, 4.69) is 10.3 Å². The van der Waals surface area contributed by atoms with Crippen LogP contribution in [-0.2, 0) is 17.8 Å². The Morgan fingerprint density at radius 3 is 2.76 bits per heavy atom. The molecule has 1 heterocycles. The summed E-state index contributed by atoms with van der Waals surface area (Å²) in [6, 6.07) is 11.1. The number of amides is 1. The molecular formula is C16H18N2O3. The number of benzene rings is 1. The van der Waals surface area contributed by atoms with E-state index in [4.69, 9.17) is 9.47 Å². The summed E-state index contributed by atoms with van der Waals surface area (Å²) in [7, 11) is 3.16. The first-order chi connectivity index (χ1) is 10.2. The molecule has 0 saturated carbocycles. The van der Waals surface area contributed by atoms with E-state index in [1.54, 1.807) is 26.5 Å². The van der Waals surface area contributed by atoms with Crippen molar-refractivity contribution in [2.24, 2.45) is 0 Å². The fourth-order valence-electron chi connectivity index (χ4n) is 1.96. The Kier molecular flexibility index (Phi) is 5.15. The van der Waals surface area contributed by atoms with Crippen molar-refractivity contribution >= 4 is 5.91 Å². The summed E-state index contributed by atoms with van der Waals surface area (Å²) < 4.78 is 10.3. The number of hydrogen-bond donors (Lipinski definition) is 1. The summed E-state index contributed by atoms with van der Waals surface area (Å²) in [5.74, 6) is 1.19. The summed E-state index contributed by atoms with van der Waals surface area (Å²) in [6.07, 6.45) is 1.94. The van der Waals surface area contributed by atoms with Crippen LogP contribution in [0.25, 0.3) is 0 Å². The minimum atomic E-state index is -0.0599. The molecule has 0 aliphatic rings. The van der Waals surface area contributed by atoms with Gasteiger partial charge in [-0.3, -0.25) is 4.79 Å². The van der Waals surface area contributed by atoms with Gasteiger partial charge in [0.15, 0.2) is 0 Å². The van der Waals surface area contributed by atoms with E-state index in [0.29, 0.717) is 12.4 Å². The molecule has 5 heteroatoms. The Balaban J connectivity index is 1.92. The molecule has 0 aliphatic heterocycles. The van der Waals surface area contributed by atoms with E-state index in [0.717, 1.165) is 16.9 Å². The van der Waals surface area contributed by atoms with Crippen LogP contribution in [0.2, 0.25) is 0 Å². The van der Waals surface area contributed by atoms with Gasteiger partial charge in [-0.15, -0.1) is 0 Å². The molecule has 0 unspecified atom stereocenters. The maximum atomic E-state index is 12.0. The van der Waals surface area contributed by atoms with Gasteiger partial charge in [-0.25, -0.2) is 4.98 Å². The van der Waals surface area contributed by atoms with Crippen LogP contribution in [0.15, 0.2) is 42.6 Å². The number of methoxy groups -OCH3 is 2. The van der Waals surface area contributed by atoms with Gasteiger partial charge in [-0.2, -0.15) is 0 Å².